The van der Waals surface area contributed by atoms with Gasteiger partial charge in [-0.05, 0) is 25.8 Å². The maximum atomic E-state index is 12.1. The number of aromatic nitrogens is 1. The number of carbonyl (C=O) groups is 2. The smallest absolute Gasteiger partial charge is 0.311 e. The molecule has 2 aromatic rings. The minimum atomic E-state index is -1.02. The zero-order chi connectivity index (χ0) is 18.7. The zero-order valence-electron chi connectivity index (χ0n) is 15.2. The normalized spacial score (nSPS) is 20.2. The Kier molecular flexibility index (Phi) is 5.11. The molecule has 1 aliphatic heterocycles. The first-order chi connectivity index (χ1) is 12.4. The molecule has 1 aromatic carbocycles. The third kappa shape index (κ3) is 3.64. The predicted octanol–water partition coefficient (Wildman–Crippen LogP) is 3.30. The summed E-state index contributed by atoms with van der Waals surface area (Å²) in [6, 6.07) is 9.72. The molecule has 1 aliphatic rings. The maximum Gasteiger partial charge on any atom is 0.311 e. The highest BCUT2D eigenvalue weighted by molar-refractivity contribution is 5.79. The Balaban J connectivity index is 1.83. The first-order valence-corrected chi connectivity index (χ1v) is 8.97. The van der Waals surface area contributed by atoms with Gasteiger partial charge in [-0.15, -0.1) is 0 Å². The van der Waals surface area contributed by atoms with E-state index in [1.165, 1.54) is 0 Å². The van der Waals surface area contributed by atoms with Crippen molar-refractivity contribution in [2.24, 2.45) is 5.41 Å². The van der Waals surface area contributed by atoms with E-state index >= 15 is 0 Å². The largest absolute Gasteiger partial charge is 0.481 e. The molecule has 1 unspecified atom stereocenters. The summed E-state index contributed by atoms with van der Waals surface area (Å²) in [5.41, 5.74) is 1.74. The summed E-state index contributed by atoms with van der Waals surface area (Å²) in [6.45, 7) is 4.64. The second-order valence-electron chi connectivity index (χ2n) is 7.08. The van der Waals surface area contributed by atoms with Crippen LogP contribution in [0.3, 0.4) is 0 Å². The monoisotopic (exact) mass is 356 g/mol. The van der Waals surface area contributed by atoms with Crippen LogP contribution in [0.5, 0.6) is 0 Å². The van der Waals surface area contributed by atoms with Crippen LogP contribution in [0.1, 0.15) is 37.5 Å². The molecule has 26 heavy (non-hydrogen) atoms. The number of carbonyl (C=O) groups excluding carboxylic acids is 1. The van der Waals surface area contributed by atoms with Crippen LogP contribution in [-0.2, 0) is 16.0 Å². The molecule has 0 aliphatic carbocycles. The van der Waals surface area contributed by atoms with Crippen molar-refractivity contribution in [2.45, 2.75) is 39.5 Å². The lowest BCUT2D eigenvalue weighted by molar-refractivity contribution is -0.155. The summed E-state index contributed by atoms with van der Waals surface area (Å²) in [6.07, 6.45) is 1.82. The van der Waals surface area contributed by atoms with Crippen LogP contribution in [0, 0.1) is 12.3 Å². The predicted molar refractivity (Wildman–Crippen MR) is 96.6 cm³/mol. The van der Waals surface area contributed by atoms with Crippen molar-refractivity contribution in [3.05, 3.63) is 41.7 Å². The molecular weight excluding hydrogens is 332 g/mol. The topological polar surface area (TPSA) is 83.6 Å². The van der Waals surface area contributed by atoms with Gasteiger partial charge < -0.3 is 14.5 Å². The van der Waals surface area contributed by atoms with E-state index in [9.17, 15) is 14.7 Å². The van der Waals surface area contributed by atoms with Gasteiger partial charge in [0, 0.05) is 37.6 Å². The highest BCUT2D eigenvalue weighted by atomic mass is 16.5. The van der Waals surface area contributed by atoms with Crippen molar-refractivity contribution in [2.75, 3.05) is 13.1 Å². The average Bonchev–Trinajstić information content (AvgIpc) is 3.09. The number of aliphatic carboxylic acids is 1. The number of hydrogen-bond acceptors (Lipinski definition) is 4. The van der Waals surface area contributed by atoms with Crippen LogP contribution < -0.4 is 0 Å². The molecule has 0 radical (unpaired) electrons. The molecule has 3 rings (SSSR count). The van der Waals surface area contributed by atoms with E-state index in [-0.39, 0.29) is 18.9 Å². The van der Waals surface area contributed by atoms with Crippen LogP contribution in [-0.4, -0.2) is 40.1 Å². The van der Waals surface area contributed by atoms with E-state index in [0.717, 1.165) is 11.1 Å². The molecule has 0 saturated carbocycles. The Bertz CT molecular complexity index is 814. The summed E-state index contributed by atoms with van der Waals surface area (Å²) in [5, 5.41) is 14.0. The summed E-state index contributed by atoms with van der Waals surface area (Å²) in [4.78, 5) is 25.8. The number of carboxylic acid groups (broad SMARTS) is 1. The highest BCUT2D eigenvalue weighted by Gasteiger charge is 2.44. The lowest BCUT2D eigenvalue weighted by atomic mass is 9.76. The van der Waals surface area contributed by atoms with Crippen molar-refractivity contribution in [3.63, 3.8) is 0 Å². The quantitative estimate of drug-likeness (QED) is 0.889. The number of hydrogen-bond donors (Lipinski definition) is 1. The van der Waals surface area contributed by atoms with Gasteiger partial charge in [-0.1, -0.05) is 35.8 Å². The zero-order valence-corrected chi connectivity index (χ0v) is 15.2. The lowest BCUT2D eigenvalue weighted by Crippen LogP contribution is -2.50. The van der Waals surface area contributed by atoms with Crippen molar-refractivity contribution >= 4 is 11.9 Å². The van der Waals surface area contributed by atoms with Crippen LogP contribution in [0.4, 0.5) is 0 Å². The SMILES string of the molecule is CCC(=O)N1CCCC(Cc2cc(-c3cccc(C)c3)no2)(C(=O)O)C1. The summed E-state index contributed by atoms with van der Waals surface area (Å²) in [7, 11) is 0. The van der Waals surface area contributed by atoms with Gasteiger partial charge in [-0.3, -0.25) is 9.59 Å². The Labute approximate surface area is 152 Å². The number of carboxylic acids is 1. The first-order valence-electron chi connectivity index (χ1n) is 8.97. The van der Waals surface area contributed by atoms with Crippen LogP contribution in [0.2, 0.25) is 0 Å². The molecule has 2 heterocycles. The summed E-state index contributed by atoms with van der Waals surface area (Å²) >= 11 is 0. The molecule has 0 bridgehead atoms. The minimum absolute atomic E-state index is 0.00616. The summed E-state index contributed by atoms with van der Waals surface area (Å²) in [5.74, 6) is -0.359. The molecule has 138 valence electrons. The van der Waals surface area contributed by atoms with Gasteiger partial charge in [0.05, 0.1) is 5.41 Å². The number of rotatable bonds is 5. The first kappa shape index (κ1) is 18.2. The fourth-order valence-corrected chi connectivity index (χ4v) is 3.63. The molecule has 6 heteroatoms. The van der Waals surface area contributed by atoms with Crippen LogP contribution in [0.25, 0.3) is 11.3 Å². The molecule has 1 fully saturated rings. The molecule has 1 saturated heterocycles. The Hall–Kier alpha value is -2.63. The van der Waals surface area contributed by atoms with Crippen LogP contribution in [0.15, 0.2) is 34.9 Å². The molecule has 1 amide bonds. The maximum absolute atomic E-state index is 12.1. The molecular formula is C20H24N2O4. The number of amides is 1. The summed E-state index contributed by atoms with van der Waals surface area (Å²) < 4.78 is 5.44. The van der Waals surface area contributed by atoms with Crippen molar-refractivity contribution in [1.82, 2.24) is 10.1 Å². The second-order valence-corrected chi connectivity index (χ2v) is 7.08. The van der Waals surface area contributed by atoms with Gasteiger partial charge in [0.25, 0.3) is 0 Å². The Morgan fingerprint density at radius 2 is 2.15 bits per heavy atom. The van der Waals surface area contributed by atoms with Gasteiger partial charge in [-0.2, -0.15) is 0 Å². The number of nitrogens with zero attached hydrogens (tertiary/aromatic N) is 2. The van der Waals surface area contributed by atoms with E-state index in [0.29, 0.717) is 37.3 Å². The molecule has 1 aromatic heterocycles. The van der Waals surface area contributed by atoms with Gasteiger partial charge in [0.15, 0.2) is 0 Å². The van der Waals surface area contributed by atoms with Gasteiger partial charge >= 0.3 is 5.97 Å². The third-order valence-electron chi connectivity index (χ3n) is 5.07. The van der Waals surface area contributed by atoms with Gasteiger partial charge in [-0.25, -0.2) is 0 Å². The van der Waals surface area contributed by atoms with Gasteiger partial charge in [0.1, 0.15) is 11.5 Å². The number of piperidine rings is 1. The van der Waals surface area contributed by atoms with E-state index < -0.39 is 11.4 Å². The van der Waals surface area contributed by atoms with Crippen molar-refractivity contribution < 1.29 is 19.2 Å². The lowest BCUT2D eigenvalue weighted by Gasteiger charge is -2.39. The van der Waals surface area contributed by atoms with Crippen LogP contribution >= 0.6 is 0 Å². The van der Waals surface area contributed by atoms with Gasteiger partial charge in [0.2, 0.25) is 5.91 Å². The average molecular weight is 356 g/mol. The van der Waals surface area contributed by atoms with E-state index in [4.69, 9.17) is 4.52 Å². The molecule has 1 atom stereocenters. The standard InChI is InChI=1S/C20H24N2O4/c1-3-18(23)22-9-5-8-20(13-22,19(24)25)12-16-11-17(21-26-16)15-7-4-6-14(2)10-15/h4,6-7,10-11H,3,5,8-9,12-13H2,1-2H3,(H,24,25). The van der Waals surface area contributed by atoms with Crippen molar-refractivity contribution in [3.8, 4) is 11.3 Å². The fraction of sp³-hybridized carbons (Fsp3) is 0.450. The molecule has 1 N–H and O–H groups in total. The molecule has 6 nitrogen and oxygen atoms in total. The van der Waals surface area contributed by atoms with Crippen molar-refractivity contribution in [1.29, 1.82) is 0 Å². The third-order valence-corrected chi connectivity index (χ3v) is 5.07. The molecule has 0 spiro atoms. The number of benzene rings is 1. The minimum Gasteiger partial charge on any atom is -0.481 e. The van der Waals surface area contributed by atoms with E-state index in [1.807, 2.05) is 31.2 Å². The van der Waals surface area contributed by atoms with E-state index in [1.54, 1.807) is 17.9 Å². The fourth-order valence-electron chi connectivity index (χ4n) is 3.63. The highest BCUT2D eigenvalue weighted by Crippen LogP contribution is 2.35. The number of likely N-dealkylation sites (tertiary alicyclic amines) is 1. The number of aryl methyl sites for hydroxylation is 1. The Morgan fingerprint density at radius 1 is 1.35 bits per heavy atom. The van der Waals surface area contributed by atoms with E-state index in [2.05, 4.69) is 5.16 Å². The Morgan fingerprint density at radius 3 is 2.85 bits per heavy atom. The second kappa shape index (κ2) is 7.32.